The van der Waals surface area contributed by atoms with Gasteiger partial charge in [-0.25, -0.2) is 0 Å². The molecule has 0 aromatic carbocycles. The molecule has 0 radical (unpaired) electrons. The first-order valence-corrected chi connectivity index (χ1v) is 6.60. The smallest absolute Gasteiger partial charge is 0.0416 e. The Morgan fingerprint density at radius 1 is 1.28 bits per heavy atom. The quantitative estimate of drug-likeness (QED) is 0.682. The van der Waals surface area contributed by atoms with Crippen molar-refractivity contribution in [2.24, 2.45) is 0 Å². The molecule has 0 aliphatic heterocycles. The Balaban J connectivity index is 2.95. The van der Waals surface area contributed by atoms with Crippen LogP contribution in [0.3, 0.4) is 0 Å². The lowest BCUT2D eigenvalue weighted by Gasteiger charge is -2.13. The van der Waals surface area contributed by atoms with E-state index in [0.717, 1.165) is 18.5 Å². The molecule has 96 valence electrons. The highest BCUT2D eigenvalue weighted by Crippen LogP contribution is 2.16. The van der Waals surface area contributed by atoms with Crippen LogP contribution in [0.25, 0.3) is 0 Å². The molecular weight excluding hydrogens is 218 g/mol. The van der Waals surface area contributed by atoms with Crippen LogP contribution in [0.15, 0.2) is 71.7 Å². The molecule has 0 spiro atoms. The molecule has 1 nitrogen and oxygen atoms in total. The molecule has 0 atom stereocenters. The van der Waals surface area contributed by atoms with E-state index in [9.17, 15) is 0 Å². The van der Waals surface area contributed by atoms with E-state index in [0.29, 0.717) is 0 Å². The minimum Gasteiger partial charge on any atom is -0.356 e. The number of hydrogen-bond acceptors (Lipinski definition) is 1. The Hall–Kier alpha value is -1.76. The maximum Gasteiger partial charge on any atom is 0.0416 e. The van der Waals surface area contributed by atoms with Crippen molar-refractivity contribution in [2.75, 3.05) is 0 Å². The summed E-state index contributed by atoms with van der Waals surface area (Å²) in [6, 6.07) is 0. The fraction of sp³-hybridized carbons (Fsp3) is 0.294. The van der Waals surface area contributed by atoms with E-state index in [1.807, 2.05) is 19.9 Å². The van der Waals surface area contributed by atoms with Gasteiger partial charge in [0.05, 0.1) is 0 Å². The van der Waals surface area contributed by atoms with Crippen LogP contribution in [0.2, 0.25) is 0 Å². The van der Waals surface area contributed by atoms with Gasteiger partial charge in [0.15, 0.2) is 0 Å². The van der Waals surface area contributed by atoms with Gasteiger partial charge in [0.25, 0.3) is 0 Å². The van der Waals surface area contributed by atoms with Crippen LogP contribution < -0.4 is 5.32 Å². The Morgan fingerprint density at radius 2 is 2.11 bits per heavy atom. The van der Waals surface area contributed by atoms with Gasteiger partial charge in [-0.15, -0.1) is 0 Å². The highest BCUT2D eigenvalue weighted by molar-refractivity contribution is 5.40. The molecular formula is C17H23N. The van der Waals surface area contributed by atoms with Gasteiger partial charge in [0.2, 0.25) is 0 Å². The minimum atomic E-state index is 0.986. The number of hydrogen-bond donors (Lipinski definition) is 1. The van der Waals surface area contributed by atoms with Crippen molar-refractivity contribution in [2.45, 2.75) is 33.6 Å². The van der Waals surface area contributed by atoms with E-state index in [4.69, 9.17) is 0 Å². The summed E-state index contributed by atoms with van der Waals surface area (Å²) in [6.45, 7) is 6.23. The number of nitrogens with one attached hydrogen (secondary N) is 1. The Labute approximate surface area is 111 Å². The molecule has 0 unspecified atom stereocenters. The van der Waals surface area contributed by atoms with Crippen molar-refractivity contribution < 1.29 is 0 Å². The normalized spacial score (nSPS) is 18.9. The molecule has 18 heavy (non-hydrogen) atoms. The van der Waals surface area contributed by atoms with Gasteiger partial charge in [0.1, 0.15) is 0 Å². The summed E-state index contributed by atoms with van der Waals surface area (Å²) in [5.41, 5.74) is 3.64. The van der Waals surface area contributed by atoms with Crippen LogP contribution >= 0.6 is 0 Å². The van der Waals surface area contributed by atoms with Crippen LogP contribution in [-0.4, -0.2) is 0 Å². The summed E-state index contributed by atoms with van der Waals surface area (Å²) in [6.07, 6.45) is 21.1. The molecule has 1 heteroatoms. The van der Waals surface area contributed by atoms with Gasteiger partial charge >= 0.3 is 0 Å². The monoisotopic (exact) mass is 241 g/mol. The summed E-state index contributed by atoms with van der Waals surface area (Å²) < 4.78 is 0. The maximum absolute atomic E-state index is 3.49. The third-order valence-corrected chi connectivity index (χ3v) is 2.68. The SMILES string of the molecule is C/C=C\C(=C/C)NC(/C=C\CC)=C1\C=CC=CC1. The molecule has 0 fully saturated rings. The average Bonchev–Trinajstić information content (AvgIpc) is 2.43. The second kappa shape index (κ2) is 8.35. The van der Waals surface area contributed by atoms with Gasteiger partial charge in [-0.3, -0.25) is 0 Å². The van der Waals surface area contributed by atoms with Crippen LogP contribution in [0.1, 0.15) is 33.6 Å². The fourth-order valence-electron chi connectivity index (χ4n) is 1.72. The van der Waals surface area contributed by atoms with E-state index in [1.165, 1.54) is 11.3 Å². The Kier molecular flexibility index (Phi) is 6.63. The van der Waals surface area contributed by atoms with Gasteiger partial charge in [0, 0.05) is 11.4 Å². The van der Waals surface area contributed by atoms with Crippen molar-refractivity contribution >= 4 is 0 Å². The van der Waals surface area contributed by atoms with Crippen molar-refractivity contribution in [3.05, 3.63) is 71.7 Å². The topological polar surface area (TPSA) is 12.0 Å². The zero-order valence-corrected chi connectivity index (χ0v) is 11.6. The van der Waals surface area contributed by atoms with Crippen LogP contribution in [0.5, 0.6) is 0 Å². The second-order valence-electron chi connectivity index (χ2n) is 4.11. The molecule has 0 aromatic rings. The standard InChI is InChI=1S/C17H23N/c1-4-7-14-17(15-12-9-8-10-13-15)18-16(6-3)11-5-2/h5-12,14,18H,4,13H2,1-3H3/b11-5-,14-7-,16-6+,17-15+. The lowest BCUT2D eigenvalue weighted by Crippen LogP contribution is -2.12. The average molecular weight is 241 g/mol. The molecule has 0 saturated carbocycles. The molecule has 0 bridgehead atoms. The molecule has 0 heterocycles. The predicted molar refractivity (Wildman–Crippen MR) is 81.1 cm³/mol. The molecule has 1 rings (SSSR count). The van der Waals surface area contributed by atoms with Crippen molar-refractivity contribution in [3.8, 4) is 0 Å². The zero-order chi connectivity index (χ0) is 13.2. The first kappa shape index (κ1) is 14.3. The van der Waals surface area contributed by atoms with Gasteiger partial charge in [-0.05, 0) is 44.4 Å². The van der Waals surface area contributed by atoms with E-state index >= 15 is 0 Å². The third-order valence-electron chi connectivity index (χ3n) is 2.68. The largest absolute Gasteiger partial charge is 0.356 e. The molecule has 0 amide bonds. The summed E-state index contributed by atoms with van der Waals surface area (Å²) in [5, 5.41) is 3.49. The van der Waals surface area contributed by atoms with E-state index < -0.39 is 0 Å². The van der Waals surface area contributed by atoms with Gasteiger partial charge < -0.3 is 5.32 Å². The van der Waals surface area contributed by atoms with Gasteiger partial charge in [-0.2, -0.15) is 0 Å². The lowest BCUT2D eigenvalue weighted by molar-refractivity contribution is 0.996. The first-order chi connectivity index (χ1) is 8.81. The van der Waals surface area contributed by atoms with E-state index in [2.05, 4.69) is 60.8 Å². The Morgan fingerprint density at radius 3 is 2.67 bits per heavy atom. The van der Waals surface area contributed by atoms with Crippen molar-refractivity contribution in [3.63, 3.8) is 0 Å². The number of allylic oxidation sites excluding steroid dienone is 10. The van der Waals surface area contributed by atoms with Crippen LogP contribution in [0, 0.1) is 0 Å². The Bertz CT molecular complexity index is 429. The molecule has 0 aromatic heterocycles. The molecule has 1 N–H and O–H groups in total. The molecule has 1 aliphatic rings. The lowest BCUT2D eigenvalue weighted by atomic mass is 10.0. The van der Waals surface area contributed by atoms with Crippen molar-refractivity contribution in [1.82, 2.24) is 5.32 Å². The predicted octanol–water partition coefficient (Wildman–Crippen LogP) is 4.79. The highest BCUT2D eigenvalue weighted by atomic mass is 14.9. The summed E-state index contributed by atoms with van der Waals surface area (Å²) >= 11 is 0. The van der Waals surface area contributed by atoms with Crippen LogP contribution in [0.4, 0.5) is 0 Å². The summed E-state index contributed by atoms with van der Waals surface area (Å²) in [4.78, 5) is 0. The van der Waals surface area contributed by atoms with Crippen molar-refractivity contribution in [1.29, 1.82) is 0 Å². The summed E-state index contributed by atoms with van der Waals surface area (Å²) in [5.74, 6) is 0. The minimum absolute atomic E-state index is 0.986. The third kappa shape index (κ3) is 4.62. The molecule has 0 saturated heterocycles. The molecule has 1 aliphatic carbocycles. The number of rotatable bonds is 5. The van der Waals surface area contributed by atoms with Gasteiger partial charge in [-0.1, -0.05) is 49.5 Å². The first-order valence-electron chi connectivity index (χ1n) is 6.60. The zero-order valence-electron chi connectivity index (χ0n) is 11.6. The summed E-state index contributed by atoms with van der Waals surface area (Å²) in [7, 11) is 0. The van der Waals surface area contributed by atoms with Crippen LogP contribution in [-0.2, 0) is 0 Å². The van der Waals surface area contributed by atoms with E-state index in [-0.39, 0.29) is 0 Å². The second-order valence-corrected chi connectivity index (χ2v) is 4.11. The highest BCUT2D eigenvalue weighted by Gasteiger charge is 2.02. The maximum atomic E-state index is 3.49. The van der Waals surface area contributed by atoms with E-state index in [1.54, 1.807) is 0 Å². The fourth-order valence-corrected chi connectivity index (χ4v) is 1.72.